The number of nitrogens with zero attached hydrogens (tertiary/aromatic N) is 2. The molecular weight excluding hydrogens is 534 g/mol. The molecule has 4 aliphatic carbocycles. The average molecular weight is 582 g/mol. The van der Waals surface area contributed by atoms with Gasteiger partial charge in [0, 0.05) is 12.0 Å². The maximum absolute atomic E-state index is 13.1. The molecule has 1 heterocycles. The van der Waals surface area contributed by atoms with Crippen LogP contribution in [0.4, 0.5) is 0 Å². The summed E-state index contributed by atoms with van der Waals surface area (Å²) in [5.74, 6) is 2.29. The van der Waals surface area contributed by atoms with Crippen molar-refractivity contribution in [2.45, 2.75) is 110 Å². The fraction of sp³-hybridized carbons (Fsp3) is 0.758. The number of carbonyl (C=O) groups excluding carboxylic acids is 2. The number of hydrogen-bond acceptors (Lipinski definition) is 6. The first-order valence-electron chi connectivity index (χ1n) is 15.8. The minimum atomic E-state index is -1.02. The standard InChI is InChI=1S/C33H47N3O6/c1-6-33(41)16-13-25-23-10-9-21-18-22(11-14-31(21,4)24(23)12-15-32(25,33)5)35-42-19-27(37)34-28(20(2)3)29(38)36-17-7-8-26(36)30(39)40/h1,18,20,23-26,28,41H,7-17,19H2,2-5H3,(H,34,37)(H,39,40)/b35-22-/t23-,24-,25-,26+,28+,31+,32+,33-/m1/s1. The molecule has 1 aliphatic heterocycles. The number of carbonyl (C=O) groups is 3. The van der Waals surface area contributed by atoms with Crippen LogP contribution in [0.15, 0.2) is 16.8 Å². The van der Waals surface area contributed by atoms with Crippen LogP contribution in [0.5, 0.6) is 0 Å². The molecule has 1 saturated heterocycles. The molecule has 0 aromatic rings. The Labute approximate surface area is 249 Å². The Bertz CT molecular complexity index is 1220. The molecule has 3 saturated carbocycles. The van der Waals surface area contributed by atoms with Crippen molar-refractivity contribution < 1.29 is 29.4 Å². The minimum absolute atomic E-state index is 0.0890. The van der Waals surface area contributed by atoms with Crippen molar-refractivity contribution >= 4 is 23.5 Å². The number of aliphatic hydroxyl groups is 1. The van der Waals surface area contributed by atoms with E-state index in [0.717, 1.165) is 50.7 Å². The molecule has 3 N–H and O–H groups in total. The van der Waals surface area contributed by atoms with Crippen molar-refractivity contribution in [3.63, 3.8) is 0 Å². The molecule has 0 spiro atoms. The number of fused-ring (bicyclic) bond motifs is 5. The second kappa shape index (κ2) is 11.3. The Morgan fingerprint density at radius 2 is 1.88 bits per heavy atom. The summed E-state index contributed by atoms with van der Waals surface area (Å²) in [5.41, 5.74) is 1.12. The number of carboxylic acid groups (broad SMARTS) is 1. The number of likely N-dealkylation sites (tertiary alicyclic amines) is 1. The maximum Gasteiger partial charge on any atom is 0.326 e. The topological polar surface area (TPSA) is 129 Å². The number of oxime groups is 1. The van der Waals surface area contributed by atoms with Crippen molar-refractivity contribution in [1.29, 1.82) is 0 Å². The Morgan fingerprint density at radius 1 is 1.14 bits per heavy atom. The molecule has 5 rings (SSSR count). The van der Waals surface area contributed by atoms with E-state index in [4.69, 9.17) is 11.3 Å². The van der Waals surface area contributed by atoms with Crippen molar-refractivity contribution in [3.05, 3.63) is 11.6 Å². The summed E-state index contributed by atoms with van der Waals surface area (Å²) in [7, 11) is 0. The molecule has 0 aromatic carbocycles. The van der Waals surface area contributed by atoms with E-state index in [9.17, 15) is 24.6 Å². The van der Waals surface area contributed by atoms with Gasteiger partial charge in [0.05, 0.1) is 5.71 Å². The van der Waals surface area contributed by atoms with Gasteiger partial charge in [-0.3, -0.25) is 9.59 Å². The summed E-state index contributed by atoms with van der Waals surface area (Å²) in [5, 5.41) is 27.7. The monoisotopic (exact) mass is 581 g/mol. The third-order valence-corrected chi connectivity index (χ3v) is 11.8. The highest BCUT2D eigenvalue weighted by Gasteiger charge is 2.63. The van der Waals surface area contributed by atoms with E-state index < -0.39 is 29.6 Å². The van der Waals surface area contributed by atoms with E-state index in [1.54, 1.807) is 0 Å². The largest absolute Gasteiger partial charge is 0.480 e. The average Bonchev–Trinajstić information content (AvgIpc) is 3.55. The van der Waals surface area contributed by atoms with Gasteiger partial charge < -0.3 is 25.3 Å². The van der Waals surface area contributed by atoms with Gasteiger partial charge in [0.1, 0.15) is 17.7 Å². The predicted molar refractivity (Wildman–Crippen MR) is 158 cm³/mol. The van der Waals surface area contributed by atoms with Gasteiger partial charge in [-0.05, 0) is 99.4 Å². The lowest BCUT2D eigenvalue weighted by Gasteiger charge is -2.58. The quantitative estimate of drug-likeness (QED) is 0.309. The first-order chi connectivity index (χ1) is 19.8. The molecule has 0 radical (unpaired) electrons. The lowest BCUT2D eigenvalue weighted by Crippen LogP contribution is -2.54. The van der Waals surface area contributed by atoms with Crippen LogP contribution in [-0.4, -0.2) is 69.4 Å². The Morgan fingerprint density at radius 3 is 2.57 bits per heavy atom. The van der Waals surface area contributed by atoms with E-state index in [1.165, 1.54) is 10.5 Å². The van der Waals surface area contributed by atoms with E-state index in [1.807, 2.05) is 13.8 Å². The first-order valence-corrected chi connectivity index (χ1v) is 15.8. The SMILES string of the molecule is C#C[C@@]1(O)CC[C@@H]2[C@@H]3CCC4=C/C(=N\OCC(=O)N[C@H](C(=O)N5CCC[C@H]5C(=O)O)C(C)C)CC[C@]4(C)[C@@H]3CC[C@@]21C. The smallest absolute Gasteiger partial charge is 0.326 e. The van der Waals surface area contributed by atoms with E-state index >= 15 is 0 Å². The molecule has 0 unspecified atom stereocenters. The molecule has 42 heavy (non-hydrogen) atoms. The lowest BCUT2D eigenvalue weighted by molar-refractivity contribution is -0.150. The highest BCUT2D eigenvalue weighted by molar-refractivity contribution is 5.96. The highest BCUT2D eigenvalue weighted by atomic mass is 16.6. The summed E-state index contributed by atoms with van der Waals surface area (Å²) >= 11 is 0. The van der Waals surface area contributed by atoms with Crippen LogP contribution >= 0.6 is 0 Å². The minimum Gasteiger partial charge on any atom is -0.480 e. The van der Waals surface area contributed by atoms with Gasteiger partial charge in [-0.2, -0.15) is 0 Å². The number of terminal acetylenes is 1. The fourth-order valence-electron chi connectivity index (χ4n) is 9.26. The van der Waals surface area contributed by atoms with Gasteiger partial charge in [-0.25, -0.2) is 4.79 Å². The third-order valence-electron chi connectivity index (χ3n) is 11.8. The second-order valence-electron chi connectivity index (χ2n) is 14.2. The summed E-state index contributed by atoms with van der Waals surface area (Å²) in [4.78, 5) is 44.2. The van der Waals surface area contributed by atoms with Crippen LogP contribution in [0.2, 0.25) is 0 Å². The zero-order chi connectivity index (χ0) is 30.4. The molecule has 8 atom stereocenters. The number of allylic oxidation sites excluding steroid dienone is 2. The Hall–Kier alpha value is -2.86. The predicted octanol–water partition coefficient (Wildman–Crippen LogP) is 3.90. The zero-order valence-corrected chi connectivity index (χ0v) is 25.5. The van der Waals surface area contributed by atoms with Crippen molar-refractivity contribution in [2.75, 3.05) is 13.2 Å². The number of aliphatic carboxylic acids is 1. The summed E-state index contributed by atoms with van der Waals surface area (Å²) < 4.78 is 0. The van der Waals surface area contributed by atoms with Gasteiger partial charge in [0.2, 0.25) is 5.91 Å². The highest BCUT2D eigenvalue weighted by Crippen LogP contribution is 2.67. The summed E-state index contributed by atoms with van der Waals surface area (Å²) in [6.07, 6.45) is 16.6. The second-order valence-corrected chi connectivity index (χ2v) is 14.2. The molecule has 0 aromatic heterocycles. The zero-order valence-electron chi connectivity index (χ0n) is 25.5. The normalized spacial score (nSPS) is 39.0. The lowest BCUT2D eigenvalue weighted by atomic mass is 9.46. The number of carboxylic acids is 1. The van der Waals surface area contributed by atoms with Gasteiger partial charge in [-0.15, -0.1) is 6.42 Å². The van der Waals surface area contributed by atoms with Crippen LogP contribution in [0.25, 0.3) is 0 Å². The van der Waals surface area contributed by atoms with E-state index in [2.05, 4.69) is 36.3 Å². The fourth-order valence-corrected chi connectivity index (χ4v) is 9.26. The van der Waals surface area contributed by atoms with E-state index in [0.29, 0.717) is 43.6 Å². The number of rotatable bonds is 7. The molecule has 9 nitrogen and oxygen atoms in total. The first kappa shape index (κ1) is 30.6. The van der Waals surface area contributed by atoms with Crippen LogP contribution < -0.4 is 5.32 Å². The van der Waals surface area contributed by atoms with Crippen molar-refractivity contribution in [1.82, 2.24) is 10.2 Å². The van der Waals surface area contributed by atoms with E-state index in [-0.39, 0.29) is 29.3 Å². The maximum atomic E-state index is 13.1. The van der Waals surface area contributed by atoms with Crippen LogP contribution in [0, 0.1) is 46.8 Å². The van der Waals surface area contributed by atoms with Gasteiger partial charge in [0.15, 0.2) is 6.61 Å². The van der Waals surface area contributed by atoms with Crippen molar-refractivity contribution in [2.24, 2.45) is 39.7 Å². The number of nitrogens with one attached hydrogen (secondary N) is 1. The third kappa shape index (κ3) is 5.04. The molecule has 2 amide bonds. The number of hydrogen-bond donors (Lipinski definition) is 3. The Balaban J connectivity index is 1.19. The van der Waals surface area contributed by atoms with Gasteiger partial charge in [0.25, 0.3) is 5.91 Å². The molecule has 0 bridgehead atoms. The van der Waals surface area contributed by atoms with Gasteiger partial charge in [-0.1, -0.05) is 44.3 Å². The summed E-state index contributed by atoms with van der Waals surface area (Å²) in [6, 6.07) is -1.67. The summed E-state index contributed by atoms with van der Waals surface area (Å²) in [6.45, 7) is 8.32. The molecule has 5 aliphatic rings. The van der Waals surface area contributed by atoms with Crippen LogP contribution in [-0.2, 0) is 19.2 Å². The molecule has 4 fully saturated rings. The molecular formula is C33H47N3O6. The molecule has 230 valence electrons. The van der Waals surface area contributed by atoms with Crippen LogP contribution in [0.1, 0.15) is 91.9 Å². The molecule has 9 heteroatoms. The van der Waals surface area contributed by atoms with Crippen LogP contribution in [0.3, 0.4) is 0 Å². The Kier molecular flexibility index (Phi) is 8.25. The number of amides is 2. The van der Waals surface area contributed by atoms with Crippen molar-refractivity contribution in [3.8, 4) is 12.3 Å². The van der Waals surface area contributed by atoms with Gasteiger partial charge >= 0.3 is 5.97 Å².